The van der Waals surface area contributed by atoms with E-state index < -0.39 is 27.5 Å². The lowest BCUT2D eigenvalue weighted by Crippen LogP contribution is -2.47. The first-order valence-corrected chi connectivity index (χ1v) is 12.6. The molecule has 0 saturated carbocycles. The molecule has 1 atom stereocenters. The average molecular weight is 469 g/mol. The van der Waals surface area contributed by atoms with Gasteiger partial charge in [-0.2, -0.15) is 16.1 Å². The zero-order valence-corrected chi connectivity index (χ0v) is 18.5. The Kier molecular flexibility index (Phi) is 6.24. The number of carbonyl (C=O) groups excluding carboxylic acids is 3. The second kappa shape index (κ2) is 8.77. The third-order valence-corrected chi connectivity index (χ3v) is 8.69. The number of morpholine rings is 1. The van der Waals surface area contributed by atoms with Gasteiger partial charge in [0.1, 0.15) is 12.1 Å². The van der Waals surface area contributed by atoms with Crippen molar-refractivity contribution in [2.75, 3.05) is 44.4 Å². The maximum absolute atomic E-state index is 12.6. The summed E-state index contributed by atoms with van der Waals surface area (Å²) in [5.74, 6) is 0.505. The van der Waals surface area contributed by atoms with Crippen LogP contribution in [0.4, 0.5) is 4.79 Å². The fourth-order valence-corrected chi connectivity index (χ4v) is 6.50. The molecule has 4 amide bonds. The van der Waals surface area contributed by atoms with Gasteiger partial charge in [0.25, 0.3) is 5.91 Å². The van der Waals surface area contributed by atoms with E-state index in [1.807, 2.05) is 0 Å². The molecule has 31 heavy (non-hydrogen) atoms. The van der Waals surface area contributed by atoms with Crippen molar-refractivity contribution >= 4 is 39.6 Å². The van der Waals surface area contributed by atoms with Gasteiger partial charge in [0.15, 0.2) is 0 Å². The van der Waals surface area contributed by atoms with Crippen molar-refractivity contribution in [3.05, 3.63) is 29.8 Å². The normalized spacial score (nSPS) is 24.6. The van der Waals surface area contributed by atoms with Crippen LogP contribution in [0.5, 0.6) is 0 Å². The largest absolute Gasteiger partial charge is 0.379 e. The van der Waals surface area contributed by atoms with E-state index in [4.69, 9.17) is 4.74 Å². The number of nitrogens with one attached hydrogen (secondary N) is 2. The quantitative estimate of drug-likeness (QED) is 0.552. The van der Waals surface area contributed by atoms with Gasteiger partial charge in [0.2, 0.25) is 15.9 Å². The molecule has 0 aromatic heterocycles. The van der Waals surface area contributed by atoms with E-state index >= 15 is 0 Å². The van der Waals surface area contributed by atoms with Crippen LogP contribution in [0.2, 0.25) is 0 Å². The Bertz CT molecular complexity index is 970. The first kappa shape index (κ1) is 22.1. The summed E-state index contributed by atoms with van der Waals surface area (Å²) in [5.41, 5.74) is -0.167. The molecule has 1 unspecified atom stereocenters. The fourth-order valence-electron chi connectivity index (χ4n) is 3.77. The second-order valence-electron chi connectivity index (χ2n) is 7.64. The molecule has 3 fully saturated rings. The van der Waals surface area contributed by atoms with E-state index in [1.54, 1.807) is 23.9 Å². The molecular formula is C19H24N4O6S2. The molecule has 1 aromatic rings. The number of sulfonamides is 1. The van der Waals surface area contributed by atoms with Gasteiger partial charge in [-0.1, -0.05) is 12.1 Å². The summed E-state index contributed by atoms with van der Waals surface area (Å²) in [5, 5.41) is 5.40. The summed E-state index contributed by atoms with van der Waals surface area (Å²) in [4.78, 5) is 38.2. The molecule has 0 radical (unpaired) electrons. The number of hydrogen-bond donors (Lipinski definition) is 2. The Labute approximate surface area is 184 Å². The molecule has 0 bridgehead atoms. The molecule has 3 aliphatic rings. The molecule has 0 aliphatic carbocycles. The Morgan fingerprint density at radius 2 is 1.90 bits per heavy atom. The van der Waals surface area contributed by atoms with Crippen molar-refractivity contribution < 1.29 is 27.5 Å². The molecule has 4 rings (SSSR count). The van der Waals surface area contributed by atoms with Crippen molar-refractivity contribution in [2.45, 2.75) is 23.4 Å². The van der Waals surface area contributed by atoms with Crippen LogP contribution in [-0.4, -0.2) is 85.4 Å². The standard InChI is InChI=1S/C19H24N4O6S2/c24-16(12-23-17(25)19(21-18(23)26)5-10-30-13-19)20-11-14-1-3-15(4-2-14)31(27,28)22-6-8-29-9-7-22/h1-4H,5-13H2,(H,20,24)(H,21,26). The van der Waals surface area contributed by atoms with E-state index in [-0.39, 0.29) is 23.9 Å². The minimum atomic E-state index is -3.57. The van der Waals surface area contributed by atoms with Crippen molar-refractivity contribution in [1.29, 1.82) is 0 Å². The third-order valence-electron chi connectivity index (χ3n) is 5.59. The number of urea groups is 1. The topological polar surface area (TPSA) is 125 Å². The van der Waals surface area contributed by atoms with E-state index in [0.717, 1.165) is 10.7 Å². The van der Waals surface area contributed by atoms with E-state index in [0.29, 0.717) is 44.0 Å². The first-order valence-electron chi connectivity index (χ1n) is 9.97. The Morgan fingerprint density at radius 3 is 2.55 bits per heavy atom. The Balaban J connectivity index is 1.32. The number of rotatable bonds is 6. The van der Waals surface area contributed by atoms with E-state index in [1.165, 1.54) is 16.4 Å². The highest BCUT2D eigenvalue weighted by molar-refractivity contribution is 7.99. The monoisotopic (exact) mass is 468 g/mol. The summed E-state index contributed by atoms with van der Waals surface area (Å²) in [6.07, 6.45) is 0.570. The van der Waals surface area contributed by atoms with Crippen LogP contribution in [0.3, 0.4) is 0 Å². The van der Waals surface area contributed by atoms with Gasteiger partial charge in [-0.15, -0.1) is 0 Å². The minimum absolute atomic E-state index is 0.154. The number of hydrogen-bond acceptors (Lipinski definition) is 7. The van der Waals surface area contributed by atoms with Crippen molar-refractivity contribution in [1.82, 2.24) is 19.8 Å². The zero-order chi connectivity index (χ0) is 22.1. The highest BCUT2D eigenvalue weighted by Gasteiger charge is 2.53. The summed E-state index contributed by atoms with van der Waals surface area (Å²) < 4.78 is 31.9. The molecule has 10 nitrogen and oxygen atoms in total. The number of thioether (sulfide) groups is 1. The molecule has 12 heteroatoms. The van der Waals surface area contributed by atoms with Crippen LogP contribution in [0, 0.1) is 0 Å². The predicted molar refractivity (Wildman–Crippen MR) is 113 cm³/mol. The number of ether oxygens (including phenoxy) is 1. The molecule has 168 valence electrons. The van der Waals surface area contributed by atoms with Crippen molar-refractivity contribution in [3.8, 4) is 0 Å². The molecule has 3 aliphatic heterocycles. The summed E-state index contributed by atoms with van der Waals surface area (Å²) in [6, 6.07) is 5.73. The maximum Gasteiger partial charge on any atom is 0.325 e. The van der Waals surface area contributed by atoms with Crippen LogP contribution >= 0.6 is 11.8 Å². The summed E-state index contributed by atoms with van der Waals surface area (Å²) in [6.45, 7) is 1.20. The number of amides is 4. The van der Waals surface area contributed by atoms with E-state index in [9.17, 15) is 22.8 Å². The number of benzene rings is 1. The van der Waals surface area contributed by atoms with Crippen LogP contribution in [0.1, 0.15) is 12.0 Å². The molecule has 1 spiro atoms. The van der Waals surface area contributed by atoms with Gasteiger partial charge in [-0.3, -0.25) is 14.5 Å². The van der Waals surface area contributed by atoms with Gasteiger partial charge in [-0.05, 0) is 29.9 Å². The summed E-state index contributed by atoms with van der Waals surface area (Å²) in [7, 11) is -3.57. The number of nitrogens with zero attached hydrogens (tertiary/aromatic N) is 2. The maximum atomic E-state index is 12.6. The molecule has 3 heterocycles. The fraction of sp³-hybridized carbons (Fsp3) is 0.526. The molecule has 3 saturated heterocycles. The van der Waals surface area contributed by atoms with Gasteiger partial charge in [0.05, 0.1) is 18.1 Å². The molecule has 2 N–H and O–H groups in total. The minimum Gasteiger partial charge on any atom is -0.379 e. The van der Waals surface area contributed by atoms with Crippen molar-refractivity contribution in [3.63, 3.8) is 0 Å². The average Bonchev–Trinajstić information content (AvgIpc) is 3.34. The number of imide groups is 1. The van der Waals surface area contributed by atoms with Crippen LogP contribution in [0.15, 0.2) is 29.2 Å². The van der Waals surface area contributed by atoms with Crippen LogP contribution in [-0.2, 0) is 30.9 Å². The lowest BCUT2D eigenvalue weighted by Gasteiger charge is -2.26. The van der Waals surface area contributed by atoms with E-state index in [2.05, 4.69) is 10.6 Å². The lowest BCUT2D eigenvalue weighted by atomic mass is 9.99. The smallest absolute Gasteiger partial charge is 0.325 e. The number of carbonyl (C=O) groups is 3. The summed E-state index contributed by atoms with van der Waals surface area (Å²) >= 11 is 1.60. The van der Waals surface area contributed by atoms with Gasteiger partial charge >= 0.3 is 6.03 Å². The first-order chi connectivity index (χ1) is 14.8. The highest BCUT2D eigenvalue weighted by Crippen LogP contribution is 2.33. The van der Waals surface area contributed by atoms with Crippen molar-refractivity contribution in [2.24, 2.45) is 0 Å². The molecule has 1 aromatic carbocycles. The van der Waals surface area contributed by atoms with Gasteiger partial charge < -0.3 is 15.4 Å². The third kappa shape index (κ3) is 4.43. The Morgan fingerprint density at radius 1 is 1.19 bits per heavy atom. The second-order valence-corrected chi connectivity index (χ2v) is 10.7. The SMILES string of the molecule is O=C(CN1C(=O)NC2(CCSC2)C1=O)NCc1ccc(S(=O)(=O)N2CCOCC2)cc1. The van der Waals surface area contributed by atoms with Gasteiger partial charge in [0, 0.05) is 25.4 Å². The van der Waals surface area contributed by atoms with Crippen LogP contribution in [0.25, 0.3) is 0 Å². The van der Waals surface area contributed by atoms with Crippen LogP contribution < -0.4 is 10.6 Å². The molecular weight excluding hydrogens is 444 g/mol. The van der Waals surface area contributed by atoms with Gasteiger partial charge in [-0.25, -0.2) is 13.2 Å². The Hall–Kier alpha value is -2.15. The highest BCUT2D eigenvalue weighted by atomic mass is 32.2. The predicted octanol–water partition coefficient (Wildman–Crippen LogP) is -0.249. The lowest BCUT2D eigenvalue weighted by molar-refractivity contribution is -0.134. The zero-order valence-electron chi connectivity index (χ0n) is 16.8.